The zero-order chi connectivity index (χ0) is 24.9. The highest BCUT2D eigenvalue weighted by Crippen LogP contribution is 2.33. The standard InChI is InChI=1S/C28H43N3O4/c1-19-15-31(20(2)18-32)27(33)14-23-13-24(29-28(34)22-9-10-22)11-12-25(23)35-26(19)17-30(3)16-21-7-5-4-6-8-21/h11-13,19-22,26,32H,4-10,14-18H2,1-3H3,(H,29,34)/t19-,20+,26-/m1/s1. The average Bonchev–Trinajstić information content (AvgIpc) is 3.68. The Morgan fingerprint density at radius 3 is 2.63 bits per heavy atom. The fourth-order valence-corrected chi connectivity index (χ4v) is 5.51. The van der Waals surface area contributed by atoms with Crippen LogP contribution in [0.5, 0.6) is 5.75 Å². The smallest absolute Gasteiger partial charge is 0.227 e. The van der Waals surface area contributed by atoms with E-state index in [4.69, 9.17) is 4.74 Å². The van der Waals surface area contributed by atoms with Gasteiger partial charge in [0.05, 0.1) is 19.1 Å². The molecule has 0 radical (unpaired) electrons. The molecule has 3 aliphatic rings. The van der Waals surface area contributed by atoms with Crippen LogP contribution in [-0.2, 0) is 16.0 Å². The van der Waals surface area contributed by atoms with Gasteiger partial charge in [0.15, 0.2) is 0 Å². The van der Waals surface area contributed by atoms with E-state index in [1.165, 1.54) is 32.1 Å². The number of likely N-dealkylation sites (N-methyl/N-ethyl adjacent to an activating group) is 1. The number of carbonyl (C=O) groups excluding carboxylic acids is 2. The Labute approximate surface area is 210 Å². The van der Waals surface area contributed by atoms with Crippen LogP contribution >= 0.6 is 0 Å². The number of hydrogen-bond donors (Lipinski definition) is 2. The summed E-state index contributed by atoms with van der Waals surface area (Å²) in [4.78, 5) is 29.8. The Kier molecular flexibility index (Phi) is 8.71. The van der Waals surface area contributed by atoms with E-state index < -0.39 is 0 Å². The third-order valence-electron chi connectivity index (χ3n) is 7.92. The molecular weight excluding hydrogens is 442 g/mol. The van der Waals surface area contributed by atoms with Crippen molar-refractivity contribution in [2.45, 2.75) is 77.4 Å². The summed E-state index contributed by atoms with van der Waals surface area (Å²) in [6.07, 6.45) is 8.62. The first kappa shape index (κ1) is 26.0. The summed E-state index contributed by atoms with van der Waals surface area (Å²) in [6, 6.07) is 5.40. The summed E-state index contributed by atoms with van der Waals surface area (Å²) >= 11 is 0. The normalized spacial score (nSPS) is 24.7. The van der Waals surface area contributed by atoms with E-state index >= 15 is 0 Å². The van der Waals surface area contributed by atoms with Crippen molar-refractivity contribution in [3.05, 3.63) is 23.8 Å². The number of carbonyl (C=O) groups is 2. The van der Waals surface area contributed by atoms with E-state index in [9.17, 15) is 14.7 Å². The quantitative estimate of drug-likeness (QED) is 0.587. The van der Waals surface area contributed by atoms with Crippen LogP contribution in [0.1, 0.15) is 64.4 Å². The lowest BCUT2D eigenvalue weighted by atomic mass is 9.89. The molecule has 1 heterocycles. The van der Waals surface area contributed by atoms with Crippen LogP contribution < -0.4 is 10.1 Å². The number of amides is 2. The number of nitrogens with zero attached hydrogens (tertiary/aromatic N) is 2. The van der Waals surface area contributed by atoms with Gasteiger partial charge in [0.1, 0.15) is 11.9 Å². The Bertz CT molecular complexity index is 881. The second-order valence-corrected chi connectivity index (χ2v) is 11.2. The topological polar surface area (TPSA) is 82.1 Å². The molecule has 0 unspecified atom stereocenters. The molecule has 194 valence electrons. The summed E-state index contributed by atoms with van der Waals surface area (Å²) in [6.45, 7) is 6.35. The zero-order valence-electron chi connectivity index (χ0n) is 21.7. The Morgan fingerprint density at radius 2 is 1.94 bits per heavy atom. The lowest BCUT2D eigenvalue weighted by Crippen LogP contribution is -2.48. The first-order valence-corrected chi connectivity index (χ1v) is 13.5. The van der Waals surface area contributed by atoms with Crippen LogP contribution in [0.25, 0.3) is 0 Å². The summed E-state index contributed by atoms with van der Waals surface area (Å²) in [5.74, 6) is 1.70. The monoisotopic (exact) mass is 485 g/mol. The second kappa shape index (κ2) is 11.7. The summed E-state index contributed by atoms with van der Waals surface area (Å²) in [5.41, 5.74) is 1.49. The van der Waals surface area contributed by atoms with E-state index in [1.54, 1.807) is 4.90 Å². The molecule has 2 aliphatic carbocycles. The lowest BCUT2D eigenvalue weighted by Gasteiger charge is -2.35. The van der Waals surface area contributed by atoms with Crippen molar-refractivity contribution in [2.24, 2.45) is 17.8 Å². The van der Waals surface area contributed by atoms with Crippen molar-refractivity contribution in [3.8, 4) is 5.75 Å². The van der Waals surface area contributed by atoms with E-state index in [-0.39, 0.29) is 48.8 Å². The van der Waals surface area contributed by atoms with Crippen LogP contribution in [0, 0.1) is 17.8 Å². The van der Waals surface area contributed by atoms with Crippen LogP contribution in [0.4, 0.5) is 5.69 Å². The molecule has 3 atom stereocenters. The van der Waals surface area contributed by atoms with Crippen LogP contribution in [0.2, 0.25) is 0 Å². The molecule has 2 saturated carbocycles. The Morgan fingerprint density at radius 1 is 1.20 bits per heavy atom. The maximum absolute atomic E-state index is 13.3. The predicted octanol–water partition coefficient (Wildman–Crippen LogP) is 3.70. The van der Waals surface area contributed by atoms with Crippen molar-refractivity contribution < 1.29 is 19.4 Å². The van der Waals surface area contributed by atoms with Gasteiger partial charge in [0.2, 0.25) is 11.8 Å². The average molecular weight is 486 g/mol. The maximum atomic E-state index is 13.3. The molecule has 35 heavy (non-hydrogen) atoms. The Hall–Kier alpha value is -2.12. The highest BCUT2D eigenvalue weighted by molar-refractivity contribution is 5.94. The molecule has 7 heteroatoms. The number of aliphatic hydroxyl groups is 1. The summed E-state index contributed by atoms with van der Waals surface area (Å²) < 4.78 is 6.62. The molecule has 2 fully saturated rings. The number of benzene rings is 1. The number of fused-ring (bicyclic) bond motifs is 1. The lowest BCUT2D eigenvalue weighted by molar-refractivity contribution is -0.134. The Balaban J connectivity index is 1.55. The number of nitrogens with one attached hydrogen (secondary N) is 1. The van der Waals surface area contributed by atoms with E-state index in [0.29, 0.717) is 18.0 Å². The molecule has 0 spiro atoms. The van der Waals surface area contributed by atoms with Crippen molar-refractivity contribution in [3.63, 3.8) is 0 Å². The zero-order valence-corrected chi connectivity index (χ0v) is 21.7. The number of hydrogen-bond acceptors (Lipinski definition) is 5. The molecule has 0 saturated heterocycles. The predicted molar refractivity (Wildman–Crippen MR) is 137 cm³/mol. The molecule has 2 N–H and O–H groups in total. The van der Waals surface area contributed by atoms with Crippen molar-refractivity contribution in [1.82, 2.24) is 9.80 Å². The van der Waals surface area contributed by atoms with Crippen molar-refractivity contribution >= 4 is 17.5 Å². The first-order chi connectivity index (χ1) is 16.8. The number of aliphatic hydroxyl groups excluding tert-OH is 1. The second-order valence-electron chi connectivity index (χ2n) is 11.2. The van der Waals surface area contributed by atoms with Gasteiger partial charge < -0.3 is 25.0 Å². The minimum absolute atomic E-state index is 0.0230. The van der Waals surface area contributed by atoms with Crippen molar-refractivity contribution in [2.75, 3.05) is 38.6 Å². The fourth-order valence-electron chi connectivity index (χ4n) is 5.51. The van der Waals surface area contributed by atoms with Crippen LogP contribution in [0.15, 0.2) is 18.2 Å². The third-order valence-corrected chi connectivity index (χ3v) is 7.92. The third kappa shape index (κ3) is 6.98. The fraction of sp³-hybridized carbons (Fsp3) is 0.714. The SMILES string of the molecule is C[C@@H]1CN([C@@H](C)CO)C(=O)Cc2cc(NC(=O)C3CC3)ccc2O[C@@H]1CN(C)CC1CCCCC1. The molecule has 4 rings (SSSR count). The first-order valence-electron chi connectivity index (χ1n) is 13.5. The molecule has 2 amide bonds. The van der Waals surface area contributed by atoms with Gasteiger partial charge in [-0.1, -0.05) is 26.2 Å². The largest absolute Gasteiger partial charge is 0.488 e. The minimum Gasteiger partial charge on any atom is -0.488 e. The molecule has 0 aromatic heterocycles. The molecule has 1 aliphatic heterocycles. The highest BCUT2D eigenvalue weighted by atomic mass is 16.5. The molecule has 0 bridgehead atoms. The van der Waals surface area contributed by atoms with Gasteiger partial charge in [-0.2, -0.15) is 0 Å². The summed E-state index contributed by atoms with van der Waals surface area (Å²) in [7, 11) is 2.17. The van der Waals surface area contributed by atoms with E-state index in [2.05, 4.69) is 24.2 Å². The highest BCUT2D eigenvalue weighted by Gasteiger charge is 2.32. The molecule has 1 aromatic carbocycles. The van der Waals surface area contributed by atoms with E-state index in [0.717, 1.165) is 37.4 Å². The minimum atomic E-state index is -0.259. The number of rotatable bonds is 8. The van der Waals surface area contributed by atoms with Gasteiger partial charge >= 0.3 is 0 Å². The van der Waals surface area contributed by atoms with Gasteiger partial charge in [-0.25, -0.2) is 0 Å². The van der Waals surface area contributed by atoms with Gasteiger partial charge in [0.25, 0.3) is 0 Å². The molecular formula is C28H43N3O4. The van der Waals surface area contributed by atoms with Crippen molar-refractivity contribution in [1.29, 1.82) is 0 Å². The molecule has 7 nitrogen and oxygen atoms in total. The van der Waals surface area contributed by atoms with Gasteiger partial charge in [0, 0.05) is 42.7 Å². The van der Waals surface area contributed by atoms with Gasteiger partial charge in [-0.15, -0.1) is 0 Å². The van der Waals surface area contributed by atoms with E-state index in [1.807, 2.05) is 25.1 Å². The number of ether oxygens (including phenoxy) is 1. The molecule has 1 aromatic rings. The van der Waals surface area contributed by atoms with Gasteiger partial charge in [-0.05, 0) is 63.8 Å². The maximum Gasteiger partial charge on any atom is 0.227 e. The van der Waals surface area contributed by atoms with Crippen LogP contribution in [0.3, 0.4) is 0 Å². The number of anilines is 1. The summed E-state index contributed by atoms with van der Waals surface area (Å²) in [5, 5.41) is 12.8. The van der Waals surface area contributed by atoms with Crippen LogP contribution in [-0.4, -0.2) is 72.2 Å². The van der Waals surface area contributed by atoms with Gasteiger partial charge in [-0.3, -0.25) is 9.59 Å².